The van der Waals surface area contributed by atoms with Crippen LogP contribution in [-0.4, -0.2) is 38.4 Å². The number of Topliss-reactive ketones (excluding diaryl/α,β-unsaturated/α-hetero) is 1. The van der Waals surface area contributed by atoms with Crippen molar-refractivity contribution in [3.05, 3.63) is 53.6 Å². The average Bonchev–Trinajstić information content (AvgIpc) is 2.69. The highest BCUT2D eigenvalue weighted by molar-refractivity contribution is 7.92. The Morgan fingerprint density at radius 3 is 2.24 bits per heavy atom. The van der Waals surface area contributed by atoms with E-state index < -0.39 is 16.0 Å². The summed E-state index contributed by atoms with van der Waals surface area (Å²) < 4.78 is 27.7. The molecule has 2 N–H and O–H groups in total. The molecule has 7 nitrogen and oxygen atoms in total. The van der Waals surface area contributed by atoms with Crippen molar-refractivity contribution in [1.29, 1.82) is 0 Å². The van der Waals surface area contributed by atoms with E-state index in [9.17, 15) is 23.1 Å². The fraction of sp³-hybridized carbons (Fsp3) is 0.333. The maximum Gasteiger partial charge on any atom is 0.337 e. The van der Waals surface area contributed by atoms with Gasteiger partial charge in [0.1, 0.15) is 0 Å². The number of hydrogen-bond donors (Lipinski definition) is 2. The number of carboxylic acids is 1. The monoisotopic (exact) mass is 418 g/mol. The third kappa shape index (κ3) is 5.57. The molecule has 0 aromatic heterocycles. The lowest BCUT2D eigenvalue weighted by Gasteiger charge is -2.25. The predicted molar refractivity (Wildman–Crippen MR) is 113 cm³/mol. The Balaban J connectivity index is 2.33. The van der Waals surface area contributed by atoms with Crippen LogP contribution in [0.5, 0.6) is 0 Å². The molecule has 2 aromatic carbocycles. The highest BCUT2D eigenvalue weighted by atomic mass is 32.2. The molecule has 0 atom stereocenters. The topological polar surface area (TPSA) is 104 Å². The smallest absolute Gasteiger partial charge is 0.337 e. The summed E-state index contributed by atoms with van der Waals surface area (Å²) in [4.78, 5) is 25.1. The molecule has 156 valence electrons. The number of benzene rings is 2. The van der Waals surface area contributed by atoms with Crippen LogP contribution < -0.4 is 9.62 Å². The lowest BCUT2D eigenvalue weighted by atomic mass is 10.1. The molecule has 0 fully saturated rings. The van der Waals surface area contributed by atoms with Gasteiger partial charge in [-0.2, -0.15) is 0 Å². The largest absolute Gasteiger partial charge is 0.478 e. The average molecular weight is 419 g/mol. The summed E-state index contributed by atoms with van der Waals surface area (Å²) in [6, 6.07) is 10.1. The highest BCUT2D eigenvalue weighted by Crippen LogP contribution is 2.26. The van der Waals surface area contributed by atoms with Gasteiger partial charge in [-0.15, -0.1) is 0 Å². The van der Waals surface area contributed by atoms with E-state index in [0.717, 1.165) is 19.4 Å². The summed E-state index contributed by atoms with van der Waals surface area (Å²) in [5.74, 6) is -1.28. The standard InChI is InChI=1S/C21H26N2O5S/c1-4-6-13-23(5-2)20-12-9-17(14-19(20)21(25)26)22-29(27,28)18-10-7-16(8-11-18)15(3)24/h7-12,14,22H,4-6,13H2,1-3H3,(H,25,26). The summed E-state index contributed by atoms with van der Waals surface area (Å²) >= 11 is 0. The number of hydrogen-bond acceptors (Lipinski definition) is 5. The first-order valence-electron chi connectivity index (χ1n) is 9.45. The zero-order chi connectivity index (χ0) is 21.6. The maximum absolute atomic E-state index is 12.6. The number of anilines is 2. The van der Waals surface area contributed by atoms with Gasteiger partial charge in [0.25, 0.3) is 10.0 Å². The van der Waals surface area contributed by atoms with E-state index in [1.807, 2.05) is 11.8 Å². The summed E-state index contributed by atoms with van der Waals surface area (Å²) in [7, 11) is -3.92. The lowest BCUT2D eigenvalue weighted by molar-refractivity contribution is 0.0697. The fourth-order valence-electron chi connectivity index (χ4n) is 2.93. The molecular weight excluding hydrogens is 392 g/mol. The molecule has 0 radical (unpaired) electrons. The Morgan fingerprint density at radius 2 is 1.72 bits per heavy atom. The SMILES string of the molecule is CCCCN(CC)c1ccc(NS(=O)(=O)c2ccc(C(C)=O)cc2)cc1C(=O)O. The van der Waals surface area contributed by atoms with Crippen LogP contribution in [-0.2, 0) is 10.0 Å². The number of aromatic carboxylic acids is 1. The minimum Gasteiger partial charge on any atom is -0.478 e. The molecule has 0 aliphatic heterocycles. The second-order valence-corrected chi connectivity index (χ2v) is 8.34. The zero-order valence-corrected chi connectivity index (χ0v) is 17.6. The molecule has 0 bridgehead atoms. The number of carbonyl (C=O) groups is 2. The zero-order valence-electron chi connectivity index (χ0n) is 16.8. The first-order chi connectivity index (χ1) is 13.7. The van der Waals surface area contributed by atoms with Gasteiger partial charge in [-0.1, -0.05) is 25.5 Å². The Kier molecular flexibility index (Phi) is 7.39. The van der Waals surface area contributed by atoms with Gasteiger partial charge in [0.05, 0.1) is 16.1 Å². The first-order valence-corrected chi connectivity index (χ1v) is 10.9. The Bertz CT molecular complexity index is 985. The molecule has 2 aromatic rings. The van der Waals surface area contributed by atoms with Crippen LogP contribution in [0.1, 0.15) is 54.3 Å². The fourth-order valence-corrected chi connectivity index (χ4v) is 3.98. The number of sulfonamides is 1. The van der Waals surface area contributed by atoms with E-state index >= 15 is 0 Å². The Hall–Kier alpha value is -2.87. The summed E-state index contributed by atoms with van der Waals surface area (Å²) in [5, 5.41) is 9.62. The van der Waals surface area contributed by atoms with Crippen LogP contribution >= 0.6 is 0 Å². The molecule has 0 saturated heterocycles. The molecule has 0 aliphatic rings. The number of nitrogens with zero attached hydrogens (tertiary/aromatic N) is 1. The second kappa shape index (κ2) is 9.56. The van der Waals surface area contributed by atoms with Crippen LogP contribution in [0.15, 0.2) is 47.4 Å². The molecule has 0 aliphatic carbocycles. The molecule has 0 unspecified atom stereocenters. The van der Waals surface area contributed by atoms with Crippen molar-refractivity contribution in [2.45, 2.75) is 38.5 Å². The molecule has 8 heteroatoms. The van der Waals surface area contributed by atoms with Crippen LogP contribution in [0, 0.1) is 0 Å². The predicted octanol–water partition coefficient (Wildman–Crippen LogP) is 4.01. The number of unbranched alkanes of at least 4 members (excludes halogenated alkanes) is 1. The van der Waals surface area contributed by atoms with Crippen molar-refractivity contribution in [2.75, 3.05) is 22.7 Å². The normalized spacial score (nSPS) is 11.1. The van der Waals surface area contributed by atoms with Crippen LogP contribution in [0.25, 0.3) is 0 Å². The van der Waals surface area contributed by atoms with E-state index in [1.165, 1.54) is 37.3 Å². The van der Waals surface area contributed by atoms with Gasteiger partial charge in [-0.3, -0.25) is 9.52 Å². The van der Waals surface area contributed by atoms with Gasteiger partial charge in [0, 0.05) is 24.3 Å². The lowest BCUT2D eigenvalue weighted by Crippen LogP contribution is -2.26. The number of nitrogens with one attached hydrogen (secondary N) is 1. The number of rotatable bonds is 10. The molecule has 0 amide bonds. The quantitative estimate of drug-likeness (QED) is 0.565. The minimum atomic E-state index is -3.92. The van der Waals surface area contributed by atoms with Gasteiger partial charge in [0.15, 0.2) is 5.78 Å². The third-order valence-electron chi connectivity index (χ3n) is 4.55. The van der Waals surface area contributed by atoms with Crippen molar-refractivity contribution >= 4 is 33.2 Å². The summed E-state index contributed by atoms with van der Waals surface area (Å²) in [6.07, 6.45) is 1.91. The van der Waals surface area contributed by atoms with E-state index in [-0.39, 0.29) is 21.9 Å². The van der Waals surface area contributed by atoms with Crippen molar-refractivity contribution < 1.29 is 23.1 Å². The van der Waals surface area contributed by atoms with Gasteiger partial charge in [-0.25, -0.2) is 13.2 Å². The molecular formula is C21H26N2O5S. The van der Waals surface area contributed by atoms with Gasteiger partial charge in [0.2, 0.25) is 0 Å². The van der Waals surface area contributed by atoms with E-state index in [0.29, 0.717) is 17.8 Å². The van der Waals surface area contributed by atoms with Crippen molar-refractivity contribution in [3.63, 3.8) is 0 Å². The Labute approximate surface area is 171 Å². The second-order valence-electron chi connectivity index (χ2n) is 6.66. The molecule has 0 heterocycles. The molecule has 2 rings (SSSR count). The molecule has 0 saturated carbocycles. The Morgan fingerprint density at radius 1 is 1.07 bits per heavy atom. The minimum absolute atomic E-state index is 0.0124. The van der Waals surface area contributed by atoms with E-state index in [4.69, 9.17) is 0 Å². The van der Waals surface area contributed by atoms with Crippen molar-refractivity contribution in [2.24, 2.45) is 0 Å². The van der Waals surface area contributed by atoms with Crippen LogP contribution in [0.3, 0.4) is 0 Å². The first kappa shape index (κ1) is 22.4. The van der Waals surface area contributed by atoms with E-state index in [2.05, 4.69) is 11.6 Å². The maximum atomic E-state index is 12.6. The van der Waals surface area contributed by atoms with Crippen molar-refractivity contribution in [1.82, 2.24) is 0 Å². The summed E-state index contributed by atoms with van der Waals surface area (Å²) in [5.41, 5.74) is 1.17. The number of carbonyl (C=O) groups excluding carboxylic acids is 1. The molecule has 29 heavy (non-hydrogen) atoms. The van der Waals surface area contributed by atoms with Gasteiger partial charge < -0.3 is 10.0 Å². The summed E-state index contributed by atoms with van der Waals surface area (Å²) in [6.45, 7) is 6.78. The number of carboxylic acid groups (broad SMARTS) is 1. The van der Waals surface area contributed by atoms with Crippen LogP contribution in [0.2, 0.25) is 0 Å². The van der Waals surface area contributed by atoms with Gasteiger partial charge >= 0.3 is 5.97 Å². The molecule has 0 spiro atoms. The number of ketones is 1. The van der Waals surface area contributed by atoms with Crippen LogP contribution in [0.4, 0.5) is 11.4 Å². The van der Waals surface area contributed by atoms with E-state index in [1.54, 1.807) is 12.1 Å². The van der Waals surface area contributed by atoms with Gasteiger partial charge in [-0.05, 0) is 50.6 Å². The highest BCUT2D eigenvalue weighted by Gasteiger charge is 2.19. The van der Waals surface area contributed by atoms with Crippen molar-refractivity contribution in [3.8, 4) is 0 Å². The third-order valence-corrected chi connectivity index (χ3v) is 5.95.